The topological polar surface area (TPSA) is 111 Å². The van der Waals surface area contributed by atoms with E-state index in [0.29, 0.717) is 17.4 Å². The fourth-order valence-electron chi connectivity index (χ4n) is 7.91. The number of carbonyl (C=O) groups is 3. The van der Waals surface area contributed by atoms with Crippen molar-refractivity contribution in [1.82, 2.24) is 0 Å². The average Bonchev–Trinajstić information content (AvgIpc) is 3.41. The lowest BCUT2D eigenvalue weighted by molar-refractivity contribution is -0.870. The zero-order valence-electron chi connectivity index (χ0n) is 50.2. The van der Waals surface area contributed by atoms with Crippen molar-refractivity contribution in [2.75, 3.05) is 47.5 Å². The molecule has 442 valence electrons. The Morgan fingerprint density at radius 1 is 0.397 bits per heavy atom. The number of hydrogen-bond acceptors (Lipinski definition) is 8. The van der Waals surface area contributed by atoms with Crippen molar-refractivity contribution in [3.8, 4) is 0 Å². The van der Waals surface area contributed by atoms with Gasteiger partial charge in [-0.1, -0.05) is 231 Å². The number of hydrogen-bond donors (Lipinski definition) is 0. The van der Waals surface area contributed by atoms with Crippen LogP contribution in [0.1, 0.15) is 226 Å². The molecule has 0 aliphatic heterocycles. The van der Waals surface area contributed by atoms with Crippen LogP contribution in [0.15, 0.2) is 134 Å². The highest BCUT2D eigenvalue weighted by molar-refractivity contribution is 5.70. The summed E-state index contributed by atoms with van der Waals surface area (Å²) in [7, 11) is 5.91. The number of esters is 2. The van der Waals surface area contributed by atoms with Crippen LogP contribution < -0.4 is 5.11 Å². The number of likely N-dealkylation sites (N-methyl/N-ethyl adjacent to an activating group) is 1. The van der Waals surface area contributed by atoms with E-state index in [1.807, 2.05) is 21.1 Å². The third-order valence-electron chi connectivity index (χ3n) is 12.6. The summed E-state index contributed by atoms with van der Waals surface area (Å²) in [5.74, 6) is -2.32. The predicted molar refractivity (Wildman–Crippen MR) is 329 cm³/mol. The van der Waals surface area contributed by atoms with E-state index in [9.17, 15) is 19.5 Å². The lowest BCUT2D eigenvalue weighted by atomic mass is 10.1. The van der Waals surface area contributed by atoms with E-state index in [-0.39, 0.29) is 38.6 Å². The Kier molecular flexibility index (Phi) is 55.1. The highest BCUT2D eigenvalue weighted by atomic mass is 16.7. The normalized spacial score (nSPS) is 13.7. The molecule has 0 saturated carbocycles. The van der Waals surface area contributed by atoms with Crippen LogP contribution in [0.2, 0.25) is 0 Å². The molecule has 0 saturated heterocycles. The van der Waals surface area contributed by atoms with Crippen molar-refractivity contribution in [2.45, 2.75) is 238 Å². The summed E-state index contributed by atoms with van der Waals surface area (Å²) >= 11 is 0. The van der Waals surface area contributed by atoms with Gasteiger partial charge in [0.05, 0.1) is 40.3 Å². The third-order valence-corrected chi connectivity index (χ3v) is 12.6. The summed E-state index contributed by atoms with van der Waals surface area (Å²) in [5.41, 5.74) is 0. The Labute approximate surface area is 478 Å². The molecule has 0 radical (unpaired) electrons. The zero-order chi connectivity index (χ0) is 56.9. The van der Waals surface area contributed by atoms with Gasteiger partial charge in [-0.25, -0.2) is 0 Å². The van der Waals surface area contributed by atoms with Crippen LogP contribution in [-0.2, 0) is 33.3 Å². The number of rotatable bonds is 55. The van der Waals surface area contributed by atoms with Gasteiger partial charge in [0.25, 0.3) is 0 Å². The number of carboxylic acid groups (broad SMARTS) is 1. The molecule has 9 nitrogen and oxygen atoms in total. The third kappa shape index (κ3) is 59.1. The van der Waals surface area contributed by atoms with Gasteiger partial charge in [-0.3, -0.25) is 9.59 Å². The molecule has 0 heterocycles. The van der Waals surface area contributed by atoms with E-state index in [4.69, 9.17) is 18.9 Å². The first-order chi connectivity index (χ1) is 38.1. The SMILES string of the molecule is CC/C=C\C/C=C\C/C=C\C/C=C\C/C=C\C/C=C\C/C=C\C/C=C\C/C=C\C/C=C\CCCCCCCCCCC(=O)OC(COC(=O)CCCCCCC/C=C\CCCCCCC)COC(OCC[N+](C)(C)C)C(=O)[O-]. The van der Waals surface area contributed by atoms with E-state index in [1.54, 1.807) is 0 Å². The van der Waals surface area contributed by atoms with Crippen molar-refractivity contribution in [1.29, 1.82) is 0 Å². The van der Waals surface area contributed by atoms with Crippen LogP contribution in [-0.4, -0.2) is 82.3 Å². The van der Waals surface area contributed by atoms with Crippen LogP contribution in [0, 0.1) is 0 Å². The van der Waals surface area contributed by atoms with Crippen molar-refractivity contribution in [2.24, 2.45) is 0 Å². The van der Waals surface area contributed by atoms with Crippen molar-refractivity contribution in [3.05, 3.63) is 134 Å². The van der Waals surface area contributed by atoms with Crippen LogP contribution in [0.25, 0.3) is 0 Å². The number of carbonyl (C=O) groups excluding carboxylic acids is 3. The highest BCUT2D eigenvalue weighted by Crippen LogP contribution is 2.14. The Hall–Kier alpha value is -4.57. The van der Waals surface area contributed by atoms with E-state index in [0.717, 1.165) is 128 Å². The van der Waals surface area contributed by atoms with E-state index in [2.05, 4.69) is 148 Å². The quantitative estimate of drug-likeness (QED) is 0.0195. The molecule has 0 rings (SSSR count). The number of allylic oxidation sites excluding steroid dienone is 22. The maximum atomic E-state index is 12.9. The minimum atomic E-state index is -1.63. The smallest absolute Gasteiger partial charge is 0.306 e. The number of quaternary nitrogens is 1. The summed E-state index contributed by atoms with van der Waals surface area (Å²) in [6, 6.07) is 0. The number of carboxylic acids is 1. The first kappa shape index (κ1) is 73.4. The van der Waals surface area contributed by atoms with E-state index in [1.165, 1.54) is 64.2 Å². The standard InChI is InChI=1S/C69H113NO8/c1-6-8-10-12-14-16-18-20-22-23-24-25-26-27-28-29-30-31-32-33-34-35-36-37-38-39-40-41-42-43-44-45-46-48-50-52-54-56-58-60-67(72)78-65(64-77-69(68(73)74)75-62-61-70(3,4)5)63-76-66(71)59-57-55-53-51-49-47-21-19-17-15-13-11-9-7-2/h8,10,14,16,19-22,24-25,27-28,30-31,33-34,36-37,39-40,42-43,65,69H,6-7,9,11-13,15,17-18,23,26,29,32,35,38,41,44-64H2,1-5H3/b10-8-,16-14-,21-19-,22-20-,25-24-,28-27-,31-30-,34-33-,37-36-,40-39-,43-42-. The van der Waals surface area contributed by atoms with Crippen molar-refractivity contribution < 1.29 is 42.9 Å². The molecule has 0 amide bonds. The molecular weight excluding hydrogens is 971 g/mol. The van der Waals surface area contributed by atoms with Gasteiger partial charge in [0, 0.05) is 12.8 Å². The number of nitrogens with zero attached hydrogens (tertiary/aromatic N) is 1. The fourth-order valence-corrected chi connectivity index (χ4v) is 7.91. The zero-order valence-corrected chi connectivity index (χ0v) is 50.2. The average molecular weight is 1080 g/mol. The summed E-state index contributed by atoms with van der Waals surface area (Å²) in [6.07, 6.45) is 80.8. The molecule has 0 N–H and O–H groups in total. The lowest BCUT2D eigenvalue weighted by Gasteiger charge is -2.26. The molecule has 2 unspecified atom stereocenters. The van der Waals surface area contributed by atoms with Crippen molar-refractivity contribution in [3.63, 3.8) is 0 Å². The molecule has 0 aromatic rings. The first-order valence-electron chi connectivity index (χ1n) is 30.8. The van der Waals surface area contributed by atoms with E-state index < -0.39 is 24.3 Å². The molecule has 0 aromatic carbocycles. The Balaban J connectivity index is 4.19. The lowest BCUT2D eigenvalue weighted by Crippen LogP contribution is -2.44. The molecule has 0 aromatic heterocycles. The molecule has 0 bridgehead atoms. The Morgan fingerprint density at radius 3 is 1.10 bits per heavy atom. The van der Waals surface area contributed by atoms with Crippen LogP contribution >= 0.6 is 0 Å². The number of aliphatic carboxylic acids is 1. The molecular formula is C69H113NO8. The molecule has 0 aliphatic rings. The molecule has 2 atom stereocenters. The molecule has 78 heavy (non-hydrogen) atoms. The van der Waals surface area contributed by atoms with Gasteiger partial charge in [0.15, 0.2) is 12.4 Å². The van der Waals surface area contributed by atoms with Gasteiger partial charge in [-0.2, -0.15) is 0 Å². The first-order valence-corrected chi connectivity index (χ1v) is 30.8. The van der Waals surface area contributed by atoms with Crippen LogP contribution in [0.4, 0.5) is 0 Å². The summed E-state index contributed by atoms with van der Waals surface area (Å²) < 4.78 is 22.7. The summed E-state index contributed by atoms with van der Waals surface area (Å²) in [5, 5.41) is 11.8. The maximum Gasteiger partial charge on any atom is 0.306 e. The molecule has 0 aliphatic carbocycles. The number of ether oxygens (including phenoxy) is 4. The van der Waals surface area contributed by atoms with Gasteiger partial charge in [-0.15, -0.1) is 0 Å². The van der Waals surface area contributed by atoms with Gasteiger partial charge in [0.2, 0.25) is 0 Å². The number of unbranched alkanes of at least 4 members (excludes halogenated alkanes) is 18. The maximum absolute atomic E-state index is 12.9. The van der Waals surface area contributed by atoms with E-state index >= 15 is 0 Å². The highest BCUT2D eigenvalue weighted by Gasteiger charge is 2.22. The molecule has 0 fully saturated rings. The van der Waals surface area contributed by atoms with Gasteiger partial charge in [-0.05, 0) is 116 Å². The van der Waals surface area contributed by atoms with Gasteiger partial charge in [0.1, 0.15) is 13.2 Å². The fraction of sp³-hybridized carbons (Fsp3) is 0.638. The molecule has 9 heteroatoms. The monoisotopic (exact) mass is 1080 g/mol. The summed E-state index contributed by atoms with van der Waals surface area (Å²) in [6.45, 7) is 4.58. The molecule has 0 spiro atoms. The minimum Gasteiger partial charge on any atom is -0.545 e. The van der Waals surface area contributed by atoms with Crippen LogP contribution in [0.3, 0.4) is 0 Å². The van der Waals surface area contributed by atoms with Gasteiger partial charge >= 0.3 is 11.9 Å². The van der Waals surface area contributed by atoms with Gasteiger partial charge < -0.3 is 33.3 Å². The largest absolute Gasteiger partial charge is 0.545 e. The predicted octanol–water partition coefficient (Wildman–Crippen LogP) is 17.3. The second-order valence-corrected chi connectivity index (χ2v) is 21.3. The second-order valence-electron chi connectivity index (χ2n) is 21.3. The second kappa shape index (κ2) is 58.6. The Morgan fingerprint density at radius 2 is 0.731 bits per heavy atom. The summed E-state index contributed by atoms with van der Waals surface area (Å²) in [4.78, 5) is 37.2. The minimum absolute atomic E-state index is 0.139. The van der Waals surface area contributed by atoms with Crippen molar-refractivity contribution >= 4 is 17.9 Å². The van der Waals surface area contributed by atoms with Crippen LogP contribution in [0.5, 0.6) is 0 Å². The Bertz CT molecular complexity index is 1740.